The predicted molar refractivity (Wildman–Crippen MR) is 49.5 cm³/mol. The van der Waals surface area contributed by atoms with Crippen LogP contribution in [0.2, 0.25) is 0 Å². The maximum Gasteiger partial charge on any atom is 0.308 e. The van der Waals surface area contributed by atoms with Crippen LogP contribution in [0.5, 0.6) is 0 Å². The number of cyclic esters (lactones) is 1. The van der Waals surface area contributed by atoms with Gasteiger partial charge in [-0.05, 0) is 5.56 Å². The molecular weight excluding hydrogens is 188 g/mol. The zero-order valence-electron chi connectivity index (χ0n) is 6.94. The summed E-state index contributed by atoms with van der Waals surface area (Å²) >= 11 is 5.96. The van der Waals surface area contributed by atoms with E-state index in [1.54, 1.807) is 0 Å². The molecule has 0 unspecified atom stereocenters. The van der Waals surface area contributed by atoms with Crippen LogP contribution in [-0.2, 0) is 9.53 Å². The van der Waals surface area contributed by atoms with E-state index < -0.39 is 0 Å². The topological polar surface area (TPSA) is 26.3 Å². The Kier molecular flexibility index (Phi) is 2.23. The summed E-state index contributed by atoms with van der Waals surface area (Å²) in [6.45, 7) is 0. The van der Waals surface area contributed by atoms with Crippen molar-refractivity contribution in [2.45, 2.75) is 17.9 Å². The minimum Gasteiger partial charge on any atom is -0.456 e. The molecule has 2 nitrogen and oxygen atoms in total. The Morgan fingerprint density at radius 2 is 2.00 bits per heavy atom. The number of hydrogen-bond acceptors (Lipinski definition) is 2. The lowest BCUT2D eigenvalue weighted by Gasteiger charge is -2.11. The van der Waals surface area contributed by atoms with Gasteiger partial charge in [0.1, 0.15) is 6.10 Å². The molecule has 1 aromatic rings. The highest BCUT2D eigenvalue weighted by molar-refractivity contribution is 6.22. The molecule has 68 valence electrons. The molecule has 1 aromatic carbocycles. The van der Waals surface area contributed by atoms with Gasteiger partial charge in [-0.1, -0.05) is 30.3 Å². The summed E-state index contributed by atoms with van der Waals surface area (Å²) < 4.78 is 5.09. The molecule has 0 saturated carbocycles. The molecule has 2 rings (SSSR count). The minimum atomic E-state index is -0.268. The molecule has 13 heavy (non-hydrogen) atoms. The van der Waals surface area contributed by atoms with Gasteiger partial charge in [0.25, 0.3) is 0 Å². The van der Waals surface area contributed by atoms with Crippen LogP contribution in [-0.4, -0.2) is 11.3 Å². The van der Waals surface area contributed by atoms with Crippen LogP contribution >= 0.6 is 11.6 Å². The Morgan fingerprint density at radius 1 is 1.31 bits per heavy atom. The molecule has 0 amide bonds. The Morgan fingerprint density at radius 3 is 2.54 bits per heavy atom. The number of carbonyl (C=O) groups is 1. The fourth-order valence-corrected chi connectivity index (χ4v) is 1.77. The highest BCUT2D eigenvalue weighted by Gasteiger charge is 2.34. The summed E-state index contributed by atoms with van der Waals surface area (Å²) in [6.07, 6.45) is 0.0385. The molecule has 1 saturated heterocycles. The standard InChI is InChI=1S/C10H9ClO2/c11-8-6-9(12)13-10(8)7-4-2-1-3-5-7/h1-5,8,10H,6H2/t8-,10-/m0/s1. The summed E-state index contributed by atoms with van der Waals surface area (Å²) in [6, 6.07) is 9.57. The molecule has 1 aliphatic rings. The van der Waals surface area contributed by atoms with Crippen LogP contribution < -0.4 is 0 Å². The van der Waals surface area contributed by atoms with Crippen molar-refractivity contribution < 1.29 is 9.53 Å². The van der Waals surface area contributed by atoms with Gasteiger partial charge >= 0.3 is 5.97 Å². The zero-order valence-corrected chi connectivity index (χ0v) is 7.70. The summed E-state index contributed by atoms with van der Waals surface area (Å²) in [5.41, 5.74) is 0.966. The van der Waals surface area contributed by atoms with Gasteiger partial charge in [-0.2, -0.15) is 0 Å². The van der Waals surface area contributed by atoms with E-state index in [2.05, 4.69) is 0 Å². The largest absolute Gasteiger partial charge is 0.456 e. The van der Waals surface area contributed by atoms with E-state index in [0.717, 1.165) is 5.56 Å². The smallest absolute Gasteiger partial charge is 0.308 e. The van der Waals surface area contributed by atoms with Crippen molar-refractivity contribution in [1.29, 1.82) is 0 Å². The number of carbonyl (C=O) groups excluding carboxylic acids is 1. The molecule has 0 aliphatic carbocycles. The van der Waals surface area contributed by atoms with Crippen LogP contribution in [0.3, 0.4) is 0 Å². The SMILES string of the molecule is O=C1C[C@H](Cl)[C@H](c2ccccc2)O1. The molecule has 1 fully saturated rings. The Labute approximate surface area is 81.5 Å². The van der Waals surface area contributed by atoms with Crippen LogP contribution in [0.15, 0.2) is 30.3 Å². The van der Waals surface area contributed by atoms with E-state index in [1.807, 2.05) is 30.3 Å². The van der Waals surface area contributed by atoms with Gasteiger partial charge < -0.3 is 4.74 Å². The predicted octanol–water partition coefficient (Wildman–Crippen LogP) is 2.28. The average molecular weight is 197 g/mol. The van der Waals surface area contributed by atoms with Gasteiger partial charge in [-0.15, -0.1) is 11.6 Å². The molecule has 0 bridgehead atoms. The maximum absolute atomic E-state index is 10.9. The molecule has 0 spiro atoms. The van der Waals surface area contributed by atoms with Crippen molar-refractivity contribution >= 4 is 17.6 Å². The average Bonchev–Trinajstić information content (AvgIpc) is 2.47. The van der Waals surface area contributed by atoms with Crippen molar-refractivity contribution in [3.63, 3.8) is 0 Å². The van der Waals surface area contributed by atoms with Crippen molar-refractivity contribution in [2.75, 3.05) is 0 Å². The summed E-state index contributed by atoms with van der Waals surface area (Å²) in [5, 5.41) is -0.227. The van der Waals surface area contributed by atoms with Crippen molar-refractivity contribution in [1.82, 2.24) is 0 Å². The van der Waals surface area contributed by atoms with Gasteiger partial charge in [-0.3, -0.25) is 4.79 Å². The molecule has 1 heterocycles. The van der Waals surface area contributed by atoms with Crippen LogP contribution in [0, 0.1) is 0 Å². The number of halogens is 1. The normalized spacial score (nSPS) is 27.3. The molecular formula is C10H9ClO2. The number of hydrogen-bond donors (Lipinski definition) is 0. The van der Waals surface area contributed by atoms with E-state index >= 15 is 0 Å². The fraction of sp³-hybridized carbons (Fsp3) is 0.300. The van der Waals surface area contributed by atoms with E-state index in [4.69, 9.17) is 16.3 Å². The molecule has 2 atom stereocenters. The van der Waals surface area contributed by atoms with Crippen LogP contribution in [0.4, 0.5) is 0 Å². The van der Waals surface area contributed by atoms with Crippen LogP contribution in [0.25, 0.3) is 0 Å². The highest BCUT2D eigenvalue weighted by atomic mass is 35.5. The molecule has 0 radical (unpaired) electrons. The first kappa shape index (κ1) is 8.57. The second-order valence-electron chi connectivity index (χ2n) is 3.04. The molecule has 3 heteroatoms. The maximum atomic E-state index is 10.9. The van der Waals surface area contributed by atoms with Crippen molar-refractivity contribution in [3.8, 4) is 0 Å². The summed E-state index contributed by atoms with van der Waals surface area (Å²) in [5.74, 6) is -0.214. The second kappa shape index (κ2) is 3.38. The first-order chi connectivity index (χ1) is 6.27. The first-order valence-corrected chi connectivity index (χ1v) is 4.59. The zero-order chi connectivity index (χ0) is 9.26. The number of benzene rings is 1. The summed E-state index contributed by atoms with van der Waals surface area (Å²) in [7, 11) is 0. The highest BCUT2D eigenvalue weighted by Crippen LogP contribution is 2.33. The quantitative estimate of drug-likeness (QED) is 0.509. The van der Waals surface area contributed by atoms with Gasteiger partial charge in [0.05, 0.1) is 11.8 Å². The first-order valence-electron chi connectivity index (χ1n) is 4.16. The molecule has 1 aliphatic heterocycles. The van der Waals surface area contributed by atoms with Crippen molar-refractivity contribution in [2.24, 2.45) is 0 Å². The van der Waals surface area contributed by atoms with E-state index in [0.29, 0.717) is 6.42 Å². The van der Waals surface area contributed by atoms with E-state index in [9.17, 15) is 4.79 Å². The van der Waals surface area contributed by atoms with Crippen LogP contribution in [0.1, 0.15) is 18.1 Å². The number of ether oxygens (including phenoxy) is 1. The third-order valence-electron chi connectivity index (χ3n) is 2.08. The minimum absolute atomic E-state index is 0.214. The van der Waals surface area contributed by atoms with Gasteiger partial charge in [0.2, 0.25) is 0 Å². The molecule has 0 aromatic heterocycles. The number of rotatable bonds is 1. The third kappa shape index (κ3) is 1.68. The lowest BCUT2D eigenvalue weighted by Crippen LogP contribution is -2.05. The van der Waals surface area contributed by atoms with Crippen molar-refractivity contribution in [3.05, 3.63) is 35.9 Å². The number of alkyl halides is 1. The Hall–Kier alpha value is -1.02. The summed E-state index contributed by atoms with van der Waals surface area (Å²) in [4.78, 5) is 10.9. The second-order valence-corrected chi connectivity index (χ2v) is 3.60. The fourth-order valence-electron chi connectivity index (χ4n) is 1.45. The van der Waals surface area contributed by atoms with Gasteiger partial charge in [0, 0.05) is 0 Å². The third-order valence-corrected chi connectivity index (χ3v) is 2.46. The monoisotopic (exact) mass is 196 g/mol. The van der Waals surface area contributed by atoms with Gasteiger partial charge in [-0.25, -0.2) is 0 Å². The van der Waals surface area contributed by atoms with E-state index in [-0.39, 0.29) is 17.5 Å². The van der Waals surface area contributed by atoms with E-state index in [1.165, 1.54) is 0 Å². The Balaban J connectivity index is 2.23. The van der Waals surface area contributed by atoms with Gasteiger partial charge in [0.15, 0.2) is 0 Å². The molecule has 0 N–H and O–H groups in total. The number of esters is 1. The Bertz CT molecular complexity index is 310. The lowest BCUT2D eigenvalue weighted by atomic mass is 10.1. The lowest BCUT2D eigenvalue weighted by molar-refractivity contribution is -0.141.